The third kappa shape index (κ3) is 2.09. The van der Waals surface area contributed by atoms with Crippen LogP contribution >= 0.6 is 0 Å². The molecule has 2 atom stereocenters. The summed E-state index contributed by atoms with van der Waals surface area (Å²) < 4.78 is 10.0. The third-order valence-electron chi connectivity index (χ3n) is 3.68. The minimum absolute atomic E-state index is 0.146. The van der Waals surface area contributed by atoms with Crippen molar-refractivity contribution in [2.45, 2.75) is 38.2 Å². The average molecular weight is 238 g/mol. The van der Waals surface area contributed by atoms with E-state index in [1.165, 1.54) is 7.11 Å². The van der Waals surface area contributed by atoms with Gasteiger partial charge in [-0.25, -0.2) is 4.79 Å². The van der Waals surface area contributed by atoms with Crippen molar-refractivity contribution in [3.05, 3.63) is 23.7 Å². The monoisotopic (exact) mass is 238 g/mol. The van der Waals surface area contributed by atoms with E-state index in [4.69, 9.17) is 4.42 Å². The molecule has 1 aromatic rings. The third-order valence-corrected chi connectivity index (χ3v) is 3.68. The van der Waals surface area contributed by atoms with Gasteiger partial charge in [0.05, 0.1) is 7.11 Å². The summed E-state index contributed by atoms with van der Waals surface area (Å²) in [5, 5.41) is 10.6. The maximum Gasteiger partial charge on any atom is 0.373 e. The standard InChI is InChI=1S/C13H18O4/c1-9-5-3-4-8-13(9,15)11-7-6-10(17-11)12(14)16-2/h6-7,9,15H,3-5,8H2,1-2H3. The molecule has 0 spiro atoms. The van der Waals surface area contributed by atoms with Gasteiger partial charge < -0.3 is 14.3 Å². The number of esters is 1. The van der Waals surface area contributed by atoms with Gasteiger partial charge in [-0.3, -0.25) is 0 Å². The molecular weight excluding hydrogens is 220 g/mol. The summed E-state index contributed by atoms with van der Waals surface area (Å²) in [6.07, 6.45) is 3.77. The Labute approximate surface area is 101 Å². The molecule has 94 valence electrons. The van der Waals surface area contributed by atoms with Gasteiger partial charge in [-0.05, 0) is 30.9 Å². The number of hydrogen-bond donors (Lipinski definition) is 1. The van der Waals surface area contributed by atoms with Crippen LogP contribution in [0.1, 0.15) is 48.9 Å². The van der Waals surface area contributed by atoms with Crippen LogP contribution in [-0.4, -0.2) is 18.2 Å². The Morgan fingerprint density at radius 3 is 2.94 bits per heavy atom. The minimum Gasteiger partial charge on any atom is -0.463 e. The number of methoxy groups -OCH3 is 1. The fourth-order valence-electron chi connectivity index (χ4n) is 2.48. The second-order valence-electron chi connectivity index (χ2n) is 4.73. The molecule has 0 aromatic carbocycles. The molecule has 0 bridgehead atoms. The van der Waals surface area contributed by atoms with Gasteiger partial charge in [0.1, 0.15) is 11.4 Å². The van der Waals surface area contributed by atoms with Crippen LogP contribution in [-0.2, 0) is 10.3 Å². The highest BCUT2D eigenvalue weighted by Gasteiger charge is 2.40. The van der Waals surface area contributed by atoms with E-state index in [-0.39, 0.29) is 11.7 Å². The lowest BCUT2D eigenvalue weighted by Crippen LogP contribution is -2.35. The quantitative estimate of drug-likeness (QED) is 0.804. The second-order valence-corrected chi connectivity index (χ2v) is 4.73. The second kappa shape index (κ2) is 4.53. The van der Waals surface area contributed by atoms with Crippen LogP contribution in [0.5, 0.6) is 0 Å². The Morgan fingerprint density at radius 2 is 2.29 bits per heavy atom. The Kier molecular flexibility index (Phi) is 3.24. The molecule has 17 heavy (non-hydrogen) atoms. The van der Waals surface area contributed by atoms with E-state index in [1.807, 2.05) is 6.92 Å². The van der Waals surface area contributed by atoms with Gasteiger partial charge in [0, 0.05) is 0 Å². The number of aliphatic hydroxyl groups is 1. The van der Waals surface area contributed by atoms with E-state index in [9.17, 15) is 9.90 Å². The number of carbonyl (C=O) groups excluding carboxylic acids is 1. The summed E-state index contributed by atoms with van der Waals surface area (Å²) in [6.45, 7) is 2.01. The van der Waals surface area contributed by atoms with Crippen molar-refractivity contribution >= 4 is 5.97 Å². The van der Waals surface area contributed by atoms with Crippen molar-refractivity contribution in [2.75, 3.05) is 7.11 Å². The molecule has 0 radical (unpaired) electrons. The lowest BCUT2D eigenvalue weighted by Gasteiger charge is -2.36. The average Bonchev–Trinajstić information content (AvgIpc) is 2.82. The maximum absolute atomic E-state index is 11.3. The summed E-state index contributed by atoms with van der Waals surface area (Å²) in [5.74, 6) is 0.259. The predicted molar refractivity (Wildman–Crippen MR) is 61.6 cm³/mol. The van der Waals surface area contributed by atoms with Crippen molar-refractivity contribution in [3.63, 3.8) is 0 Å². The lowest BCUT2D eigenvalue weighted by atomic mass is 9.75. The fourth-order valence-corrected chi connectivity index (χ4v) is 2.48. The SMILES string of the molecule is COC(=O)c1ccc(C2(O)CCCCC2C)o1. The summed E-state index contributed by atoms with van der Waals surface area (Å²) in [4.78, 5) is 11.3. The fraction of sp³-hybridized carbons (Fsp3) is 0.615. The molecule has 1 aliphatic carbocycles. The highest BCUT2D eigenvalue weighted by molar-refractivity contribution is 5.86. The van der Waals surface area contributed by atoms with Crippen molar-refractivity contribution in [3.8, 4) is 0 Å². The first-order chi connectivity index (χ1) is 8.08. The van der Waals surface area contributed by atoms with Crippen molar-refractivity contribution in [1.82, 2.24) is 0 Å². The molecule has 0 saturated heterocycles. The van der Waals surface area contributed by atoms with Crippen LogP contribution < -0.4 is 0 Å². The lowest BCUT2D eigenvalue weighted by molar-refractivity contribution is -0.0642. The minimum atomic E-state index is -0.940. The molecule has 4 nitrogen and oxygen atoms in total. The summed E-state index contributed by atoms with van der Waals surface area (Å²) in [7, 11) is 1.31. The van der Waals surface area contributed by atoms with Gasteiger partial charge in [-0.2, -0.15) is 0 Å². The van der Waals surface area contributed by atoms with Gasteiger partial charge in [0.25, 0.3) is 0 Å². The molecule has 1 fully saturated rings. The Hall–Kier alpha value is -1.29. The Bertz CT molecular complexity index is 409. The Morgan fingerprint density at radius 1 is 1.53 bits per heavy atom. The van der Waals surface area contributed by atoms with E-state index in [0.717, 1.165) is 19.3 Å². The van der Waals surface area contributed by atoms with Crippen LogP contribution in [0.3, 0.4) is 0 Å². The largest absolute Gasteiger partial charge is 0.463 e. The normalized spacial score (nSPS) is 29.0. The zero-order chi connectivity index (χ0) is 12.5. The molecule has 0 amide bonds. The van der Waals surface area contributed by atoms with Crippen molar-refractivity contribution in [1.29, 1.82) is 0 Å². The van der Waals surface area contributed by atoms with Crippen LogP contribution in [0.4, 0.5) is 0 Å². The summed E-state index contributed by atoms with van der Waals surface area (Å²) >= 11 is 0. The van der Waals surface area contributed by atoms with Crippen LogP contribution in [0.2, 0.25) is 0 Å². The van der Waals surface area contributed by atoms with Crippen molar-refractivity contribution < 1.29 is 19.1 Å². The van der Waals surface area contributed by atoms with Gasteiger partial charge >= 0.3 is 5.97 Å². The first-order valence-electron chi connectivity index (χ1n) is 5.99. The number of hydrogen-bond acceptors (Lipinski definition) is 4. The summed E-state index contributed by atoms with van der Waals surface area (Å²) in [6, 6.07) is 3.23. The van der Waals surface area contributed by atoms with E-state index >= 15 is 0 Å². The van der Waals surface area contributed by atoms with Crippen molar-refractivity contribution in [2.24, 2.45) is 5.92 Å². The maximum atomic E-state index is 11.3. The molecule has 1 aliphatic rings. The number of ether oxygens (including phenoxy) is 1. The van der Waals surface area contributed by atoms with Gasteiger partial charge in [0.2, 0.25) is 5.76 Å². The van der Waals surface area contributed by atoms with Gasteiger partial charge in [0.15, 0.2) is 0 Å². The van der Waals surface area contributed by atoms with E-state index < -0.39 is 11.6 Å². The van der Waals surface area contributed by atoms with E-state index in [1.54, 1.807) is 12.1 Å². The highest BCUT2D eigenvalue weighted by atomic mass is 16.5. The smallest absolute Gasteiger partial charge is 0.373 e. The first-order valence-corrected chi connectivity index (χ1v) is 5.99. The van der Waals surface area contributed by atoms with Crippen LogP contribution in [0.15, 0.2) is 16.5 Å². The molecular formula is C13H18O4. The molecule has 2 rings (SSSR count). The predicted octanol–water partition coefficient (Wildman–Crippen LogP) is 2.46. The number of carbonyl (C=O) groups is 1. The molecule has 1 saturated carbocycles. The van der Waals surface area contributed by atoms with Gasteiger partial charge in [-0.1, -0.05) is 19.8 Å². The first kappa shape index (κ1) is 12.2. The molecule has 0 aliphatic heterocycles. The number of rotatable bonds is 2. The number of furan rings is 1. The zero-order valence-electron chi connectivity index (χ0n) is 10.2. The summed E-state index contributed by atoms with van der Waals surface area (Å²) in [5.41, 5.74) is -0.940. The van der Waals surface area contributed by atoms with E-state index in [0.29, 0.717) is 12.2 Å². The molecule has 1 N–H and O–H groups in total. The van der Waals surface area contributed by atoms with Gasteiger partial charge in [-0.15, -0.1) is 0 Å². The topological polar surface area (TPSA) is 59.7 Å². The highest BCUT2D eigenvalue weighted by Crippen LogP contribution is 2.41. The Balaban J connectivity index is 2.26. The van der Waals surface area contributed by atoms with E-state index in [2.05, 4.69) is 4.74 Å². The molecule has 1 heterocycles. The molecule has 2 unspecified atom stereocenters. The zero-order valence-corrected chi connectivity index (χ0v) is 10.2. The molecule has 4 heteroatoms. The van der Waals surface area contributed by atoms with Crippen LogP contribution in [0, 0.1) is 5.92 Å². The molecule has 1 aromatic heterocycles. The van der Waals surface area contributed by atoms with Crippen LogP contribution in [0.25, 0.3) is 0 Å².